The molecule has 22 heavy (non-hydrogen) atoms. The molecule has 0 aromatic carbocycles. The second-order valence-electron chi connectivity index (χ2n) is 4.11. The molecule has 4 heteroatoms. The third kappa shape index (κ3) is 27.6. The summed E-state index contributed by atoms with van der Waals surface area (Å²) in [6.07, 6.45) is 12.2. The van der Waals surface area contributed by atoms with Gasteiger partial charge in [0.05, 0.1) is 0 Å². The van der Waals surface area contributed by atoms with Gasteiger partial charge in [-0.2, -0.15) is 0 Å². The van der Waals surface area contributed by atoms with E-state index in [1.54, 1.807) is 18.2 Å². The van der Waals surface area contributed by atoms with E-state index in [4.69, 9.17) is 0 Å². The van der Waals surface area contributed by atoms with Crippen molar-refractivity contribution in [3.63, 3.8) is 0 Å². The van der Waals surface area contributed by atoms with Crippen LogP contribution in [0.25, 0.3) is 0 Å². The van der Waals surface area contributed by atoms with Crippen molar-refractivity contribution >= 4 is 0 Å². The van der Waals surface area contributed by atoms with Gasteiger partial charge in [-0.1, -0.05) is 37.5 Å². The normalized spacial score (nSPS) is 11.2. The molecule has 0 aromatic heterocycles. The quantitative estimate of drug-likeness (QED) is 0.544. The van der Waals surface area contributed by atoms with Gasteiger partial charge in [0.15, 0.2) is 0 Å². The molecule has 122 valence electrons. The fraction of sp³-hybridized carbons (Fsp3) is 0.444. The Morgan fingerprint density at radius 2 is 1.32 bits per heavy atom. The van der Waals surface area contributed by atoms with Gasteiger partial charge in [0.1, 0.15) is 0 Å². The molecule has 3 nitrogen and oxygen atoms in total. The Labute approximate surface area is 147 Å². The summed E-state index contributed by atoms with van der Waals surface area (Å²) in [5, 5.41) is 28.4. The van der Waals surface area contributed by atoms with Crippen LogP contribution in [-0.2, 0) is 20.4 Å². The van der Waals surface area contributed by atoms with Gasteiger partial charge in [0, 0.05) is 0 Å². The average molecular weight is 340 g/mol. The Bertz CT molecular complexity index is 297. The number of hydrogen-bond acceptors (Lipinski definition) is 3. The Morgan fingerprint density at radius 3 is 1.36 bits per heavy atom. The van der Waals surface area contributed by atoms with Crippen molar-refractivity contribution < 1.29 is 35.8 Å². The van der Waals surface area contributed by atoms with Crippen LogP contribution in [0.15, 0.2) is 59.6 Å². The van der Waals surface area contributed by atoms with Crippen LogP contribution < -0.4 is 15.3 Å². The molecule has 0 aliphatic heterocycles. The number of allylic oxidation sites excluding steroid dienone is 4. The van der Waals surface area contributed by atoms with Crippen molar-refractivity contribution in [2.45, 2.75) is 32.6 Å². The Balaban J connectivity index is -0.000000223. The summed E-state index contributed by atoms with van der Waals surface area (Å²) in [6, 6.07) is 0. The van der Waals surface area contributed by atoms with Crippen molar-refractivity contribution in [3.05, 3.63) is 59.6 Å². The van der Waals surface area contributed by atoms with Crippen LogP contribution in [0, 0.1) is 0 Å². The zero-order valence-electron chi connectivity index (χ0n) is 13.7. The summed E-state index contributed by atoms with van der Waals surface area (Å²) in [5.74, 6) is 0. The molecule has 1 aliphatic rings. The minimum atomic E-state index is -0.0243. The molecule has 0 fully saturated rings. The van der Waals surface area contributed by atoms with Crippen LogP contribution in [-0.4, -0.2) is 19.8 Å². The average Bonchev–Trinajstić information content (AvgIpc) is 2.87. The van der Waals surface area contributed by atoms with E-state index < -0.39 is 0 Å². The van der Waals surface area contributed by atoms with Crippen LogP contribution in [0.4, 0.5) is 0 Å². The van der Waals surface area contributed by atoms with E-state index in [0.29, 0.717) is 19.3 Å². The molecule has 0 spiro atoms. The van der Waals surface area contributed by atoms with E-state index in [1.165, 1.54) is 15.9 Å². The van der Waals surface area contributed by atoms with E-state index in [0.717, 1.165) is 0 Å². The van der Waals surface area contributed by atoms with Gasteiger partial charge in [-0.25, -0.2) is 0 Å². The second kappa shape index (κ2) is 25.3. The first-order valence-electron chi connectivity index (χ1n) is 7.20. The molecule has 1 rings (SSSR count). The standard InChI is InChI=1S/C6H7.3C4H7O.Ti/c1-6-4-2-3-5-6;3*1-2-3-4-5;/h2,4H,3H2,1H3;3*2H,1,3-4H2;/q;3*-1;+3. The zero-order valence-corrected chi connectivity index (χ0v) is 15.2. The minimum absolute atomic E-state index is 0.0243. The van der Waals surface area contributed by atoms with Gasteiger partial charge in [0.2, 0.25) is 0 Å². The molecule has 1 aliphatic carbocycles. The van der Waals surface area contributed by atoms with Gasteiger partial charge in [-0.05, 0) is 0 Å². The number of rotatable bonds is 6. The maximum absolute atomic E-state index is 9.46. The third-order valence-corrected chi connectivity index (χ3v) is 3.07. The van der Waals surface area contributed by atoms with Crippen LogP contribution in [0.1, 0.15) is 32.6 Å². The summed E-state index contributed by atoms with van der Waals surface area (Å²) < 4.78 is 1.51. The Kier molecular flexibility index (Phi) is 30.1. The fourth-order valence-electron chi connectivity index (χ4n) is 0.865. The first kappa shape index (κ1) is 26.2. The van der Waals surface area contributed by atoms with Gasteiger partial charge in [-0.15, -0.1) is 39.6 Å². The van der Waals surface area contributed by atoms with Crippen LogP contribution >= 0.6 is 0 Å². The molecule has 0 saturated carbocycles. The van der Waals surface area contributed by atoms with Crippen molar-refractivity contribution in [1.82, 2.24) is 0 Å². The first-order valence-corrected chi connectivity index (χ1v) is 7.98. The SMILES string of the molecule is C=CCC[O-].C=CCC[O-].C=CCC[O-].CC1=[C]([Ti+3])CC=C1. The van der Waals surface area contributed by atoms with Gasteiger partial charge in [-0.3, -0.25) is 0 Å². The van der Waals surface area contributed by atoms with Crippen molar-refractivity contribution in [1.29, 1.82) is 0 Å². The summed E-state index contributed by atoms with van der Waals surface area (Å²) in [4.78, 5) is 0. The van der Waals surface area contributed by atoms with Crippen LogP contribution in [0.2, 0.25) is 0 Å². The molecular weight excluding hydrogens is 312 g/mol. The molecule has 0 amide bonds. The summed E-state index contributed by atoms with van der Waals surface area (Å²) in [6.45, 7) is 12.1. The second-order valence-corrected chi connectivity index (χ2v) is 5.05. The third-order valence-electron chi connectivity index (χ3n) is 2.13. The van der Waals surface area contributed by atoms with Gasteiger partial charge >= 0.3 is 55.4 Å². The molecule has 0 unspecified atom stereocenters. The molecule has 0 bridgehead atoms. The van der Waals surface area contributed by atoms with Crippen molar-refractivity contribution in [3.8, 4) is 0 Å². The summed E-state index contributed by atoms with van der Waals surface area (Å²) in [7, 11) is 0. The van der Waals surface area contributed by atoms with E-state index in [2.05, 4.69) is 59.2 Å². The summed E-state index contributed by atoms with van der Waals surface area (Å²) >= 11 is 2.18. The molecule has 0 heterocycles. The van der Waals surface area contributed by atoms with E-state index in [1.807, 2.05) is 0 Å². The Morgan fingerprint density at radius 1 is 0.955 bits per heavy atom. The molecule has 0 atom stereocenters. The van der Waals surface area contributed by atoms with Crippen molar-refractivity contribution in [2.24, 2.45) is 0 Å². The predicted octanol–water partition coefficient (Wildman–Crippen LogP) is 1.54. The fourth-order valence-corrected chi connectivity index (χ4v) is 1.18. The topological polar surface area (TPSA) is 69.2 Å². The van der Waals surface area contributed by atoms with E-state index in [-0.39, 0.29) is 19.8 Å². The van der Waals surface area contributed by atoms with E-state index in [9.17, 15) is 15.3 Å². The first-order chi connectivity index (χ1) is 10.5. The van der Waals surface area contributed by atoms with E-state index >= 15 is 0 Å². The summed E-state index contributed by atoms with van der Waals surface area (Å²) in [5.41, 5.74) is 1.44. The predicted molar refractivity (Wildman–Crippen MR) is 85.5 cm³/mol. The maximum atomic E-state index is 9.46. The van der Waals surface area contributed by atoms with Gasteiger partial charge in [0.25, 0.3) is 0 Å². The number of hydrogen-bond donors (Lipinski definition) is 0. The molecular formula is C18H28O3Ti. The Hall–Kier alpha value is -0.706. The zero-order chi connectivity index (χ0) is 17.6. The molecule has 0 radical (unpaired) electrons. The van der Waals surface area contributed by atoms with Crippen LogP contribution in [0.5, 0.6) is 0 Å². The molecule has 0 saturated heterocycles. The van der Waals surface area contributed by atoms with Gasteiger partial charge < -0.3 is 15.3 Å². The van der Waals surface area contributed by atoms with Crippen LogP contribution in [0.3, 0.4) is 0 Å². The van der Waals surface area contributed by atoms with Crippen molar-refractivity contribution in [2.75, 3.05) is 19.8 Å². The monoisotopic (exact) mass is 340 g/mol. The molecule has 0 N–H and O–H groups in total. The molecule has 0 aromatic rings.